The first-order valence-electron chi connectivity index (χ1n) is 15.3. The van der Waals surface area contributed by atoms with Crippen LogP contribution in [-0.4, -0.2) is 61.1 Å². The summed E-state index contributed by atoms with van der Waals surface area (Å²) in [4.78, 5) is 34.0. The topological polar surface area (TPSA) is 90.1 Å². The number of aromatic amines is 2. The van der Waals surface area contributed by atoms with Crippen LogP contribution in [0.15, 0.2) is 48.7 Å². The SMILES string of the molecule is CC(C)(C)CN1CCCC1c1ncc(-c2ccc(-c3ccc4nc(C5CCCN5C(=O)OC(C)(C)C)[nH]c4c3)cc2)[nH]1. The molecule has 2 aromatic heterocycles. The lowest BCUT2D eigenvalue weighted by atomic mass is 9.95. The van der Waals surface area contributed by atoms with Gasteiger partial charge in [-0.3, -0.25) is 9.80 Å². The Morgan fingerprint density at radius 3 is 2.31 bits per heavy atom. The zero-order valence-electron chi connectivity index (χ0n) is 25.8. The predicted octanol–water partition coefficient (Wildman–Crippen LogP) is 7.88. The molecule has 0 aliphatic carbocycles. The third-order valence-electron chi connectivity index (χ3n) is 8.18. The first-order chi connectivity index (χ1) is 19.9. The molecule has 6 rings (SSSR count). The van der Waals surface area contributed by atoms with Gasteiger partial charge in [-0.15, -0.1) is 0 Å². The highest BCUT2D eigenvalue weighted by atomic mass is 16.6. The molecule has 2 atom stereocenters. The van der Waals surface area contributed by atoms with Gasteiger partial charge in [0.1, 0.15) is 17.2 Å². The van der Waals surface area contributed by atoms with Gasteiger partial charge in [0.2, 0.25) is 0 Å². The van der Waals surface area contributed by atoms with Crippen LogP contribution in [-0.2, 0) is 4.74 Å². The van der Waals surface area contributed by atoms with Crippen molar-refractivity contribution in [1.82, 2.24) is 29.7 Å². The van der Waals surface area contributed by atoms with Crippen molar-refractivity contribution in [1.29, 1.82) is 0 Å². The van der Waals surface area contributed by atoms with Gasteiger partial charge in [-0.25, -0.2) is 14.8 Å². The fourth-order valence-corrected chi connectivity index (χ4v) is 6.39. The fourth-order valence-electron chi connectivity index (χ4n) is 6.39. The summed E-state index contributed by atoms with van der Waals surface area (Å²) in [6.07, 6.45) is 5.88. The van der Waals surface area contributed by atoms with Gasteiger partial charge in [-0.1, -0.05) is 51.1 Å². The number of hydrogen-bond acceptors (Lipinski definition) is 5. The predicted molar refractivity (Wildman–Crippen MR) is 167 cm³/mol. The normalized spacial score (nSPS) is 20.1. The molecule has 0 bridgehead atoms. The number of nitrogens with one attached hydrogen (secondary N) is 2. The summed E-state index contributed by atoms with van der Waals surface area (Å²) in [5, 5.41) is 0. The number of fused-ring (bicyclic) bond motifs is 1. The van der Waals surface area contributed by atoms with E-state index in [4.69, 9.17) is 14.7 Å². The van der Waals surface area contributed by atoms with Gasteiger partial charge in [0.15, 0.2) is 0 Å². The molecule has 2 aromatic carbocycles. The maximum absolute atomic E-state index is 12.8. The quantitative estimate of drug-likeness (QED) is 0.256. The third-order valence-corrected chi connectivity index (χ3v) is 8.18. The molecule has 8 heteroatoms. The van der Waals surface area contributed by atoms with Crippen LogP contribution in [0.2, 0.25) is 0 Å². The molecule has 0 radical (unpaired) electrons. The molecule has 2 unspecified atom stereocenters. The summed E-state index contributed by atoms with van der Waals surface area (Å²) >= 11 is 0. The lowest BCUT2D eigenvalue weighted by Gasteiger charge is -2.30. The molecule has 4 heterocycles. The fraction of sp³-hybridized carbons (Fsp3) is 0.500. The van der Waals surface area contributed by atoms with E-state index >= 15 is 0 Å². The maximum Gasteiger partial charge on any atom is 0.410 e. The van der Waals surface area contributed by atoms with Crippen molar-refractivity contribution in [3.63, 3.8) is 0 Å². The van der Waals surface area contributed by atoms with Gasteiger partial charge in [-0.2, -0.15) is 0 Å². The van der Waals surface area contributed by atoms with Crippen LogP contribution in [0.4, 0.5) is 4.79 Å². The average Bonchev–Trinajstić information content (AvgIpc) is 3.72. The van der Waals surface area contributed by atoms with Crippen LogP contribution in [0, 0.1) is 5.41 Å². The van der Waals surface area contributed by atoms with Gasteiger partial charge in [-0.05, 0) is 87.2 Å². The van der Waals surface area contributed by atoms with Crippen LogP contribution in [0.25, 0.3) is 33.4 Å². The van der Waals surface area contributed by atoms with E-state index in [0.717, 1.165) is 77.4 Å². The number of nitrogens with zero attached hydrogens (tertiary/aromatic N) is 4. The van der Waals surface area contributed by atoms with Crippen LogP contribution < -0.4 is 0 Å². The zero-order valence-corrected chi connectivity index (χ0v) is 25.8. The summed E-state index contributed by atoms with van der Waals surface area (Å²) in [6, 6.07) is 15.2. The van der Waals surface area contributed by atoms with E-state index in [2.05, 4.69) is 78.1 Å². The third kappa shape index (κ3) is 6.09. The highest BCUT2D eigenvalue weighted by Gasteiger charge is 2.35. The molecule has 222 valence electrons. The molecule has 1 amide bonds. The van der Waals surface area contributed by atoms with Gasteiger partial charge >= 0.3 is 6.09 Å². The molecule has 2 N–H and O–H groups in total. The second-order valence-electron chi connectivity index (χ2n) is 14.1. The number of carbonyl (C=O) groups excluding carboxylic acids is 1. The summed E-state index contributed by atoms with van der Waals surface area (Å²) in [7, 11) is 0. The summed E-state index contributed by atoms with van der Waals surface area (Å²) in [5.74, 6) is 1.89. The summed E-state index contributed by atoms with van der Waals surface area (Å²) < 4.78 is 5.65. The number of hydrogen-bond donors (Lipinski definition) is 2. The van der Waals surface area contributed by atoms with E-state index in [9.17, 15) is 4.79 Å². The van der Waals surface area contributed by atoms with Crippen molar-refractivity contribution in [2.45, 2.75) is 84.9 Å². The van der Waals surface area contributed by atoms with Crippen LogP contribution in [0.5, 0.6) is 0 Å². The number of likely N-dealkylation sites (tertiary alicyclic amines) is 2. The largest absolute Gasteiger partial charge is 0.444 e. The molecule has 0 spiro atoms. The number of rotatable bonds is 5. The first kappa shape index (κ1) is 28.5. The van der Waals surface area contributed by atoms with Crippen LogP contribution in [0.1, 0.15) is 91.0 Å². The molecular weight excluding hydrogens is 524 g/mol. The smallest absolute Gasteiger partial charge is 0.410 e. The Balaban J connectivity index is 1.17. The van der Waals surface area contributed by atoms with Gasteiger partial charge in [0.25, 0.3) is 0 Å². The molecule has 2 aliphatic rings. The van der Waals surface area contributed by atoms with Crippen molar-refractivity contribution in [2.75, 3.05) is 19.6 Å². The zero-order chi connectivity index (χ0) is 29.6. The van der Waals surface area contributed by atoms with E-state index in [-0.39, 0.29) is 17.6 Å². The molecule has 2 fully saturated rings. The Hall–Kier alpha value is -3.65. The van der Waals surface area contributed by atoms with Crippen molar-refractivity contribution in [3.05, 3.63) is 60.3 Å². The molecule has 2 saturated heterocycles. The number of amides is 1. The summed E-state index contributed by atoms with van der Waals surface area (Å²) in [5.41, 5.74) is 6.06. The first-order valence-corrected chi connectivity index (χ1v) is 15.3. The van der Waals surface area contributed by atoms with E-state index in [1.165, 1.54) is 6.42 Å². The Labute approximate surface area is 248 Å². The highest BCUT2D eigenvalue weighted by Crippen LogP contribution is 2.36. The number of H-pyrrole nitrogens is 2. The van der Waals surface area contributed by atoms with E-state index < -0.39 is 5.60 Å². The van der Waals surface area contributed by atoms with E-state index in [1.54, 1.807) is 4.90 Å². The number of imidazole rings is 2. The van der Waals surface area contributed by atoms with Gasteiger partial charge in [0.05, 0.1) is 35.0 Å². The van der Waals surface area contributed by atoms with Crippen molar-refractivity contribution in [2.24, 2.45) is 5.41 Å². The highest BCUT2D eigenvalue weighted by molar-refractivity contribution is 5.82. The Kier molecular flexibility index (Phi) is 7.37. The standard InChI is InChI=1S/C34H44N6O2/c1-33(2,3)21-39-17-7-9-28(39)30-35-20-27(38-30)23-13-11-22(12-14-23)24-15-16-25-26(19-24)37-31(36-25)29-10-8-18-40(29)32(41)42-34(4,5)6/h11-16,19-20,28-29H,7-10,17-18,21H2,1-6H3,(H,35,38)(H,36,37). The molecule has 4 aromatic rings. The minimum Gasteiger partial charge on any atom is -0.444 e. The second kappa shape index (κ2) is 10.9. The number of carbonyl (C=O) groups is 1. The minimum absolute atomic E-state index is 0.0981. The van der Waals surface area contributed by atoms with E-state index in [1.807, 2.05) is 27.0 Å². The van der Waals surface area contributed by atoms with Crippen molar-refractivity contribution in [3.8, 4) is 22.4 Å². The molecule has 8 nitrogen and oxygen atoms in total. The average molecular weight is 569 g/mol. The second-order valence-corrected chi connectivity index (χ2v) is 14.1. The van der Waals surface area contributed by atoms with Crippen LogP contribution in [0.3, 0.4) is 0 Å². The van der Waals surface area contributed by atoms with Crippen molar-refractivity contribution >= 4 is 17.1 Å². The molecule has 0 saturated carbocycles. The Bertz CT molecular complexity index is 1560. The van der Waals surface area contributed by atoms with Crippen LogP contribution >= 0.6 is 0 Å². The molecular formula is C34H44N6O2. The van der Waals surface area contributed by atoms with Gasteiger partial charge in [0, 0.05) is 13.1 Å². The Morgan fingerprint density at radius 2 is 1.57 bits per heavy atom. The number of benzene rings is 2. The van der Waals surface area contributed by atoms with Crippen molar-refractivity contribution < 1.29 is 9.53 Å². The maximum atomic E-state index is 12.8. The lowest BCUT2D eigenvalue weighted by Crippen LogP contribution is -2.36. The summed E-state index contributed by atoms with van der Waals surface area (Å²) in [6.45, 7) is 15.5. The number of ether oxygens (including phenoxy) is 1. The minimum atomic E-state index is -0.522. The number of aromatic nitrogens is 4. The lowest BCUT2D eigenvalue weighted by molar-refractivity contribution is 0.0219. The van der Waals surface area contributed by atoms with E-state index in [0.29, 0.717) is 12.6 Å². The molecule has 2 aliphatic heterocycles. The molecule has 42 heavy (non-hydrogen) atoms. The van der Waals surface area contributed by atoms with Gasteiger partial charge < -0.3 is 14.7 Å². The Morgan fingerprint density at radius 1 is 0.881 bits per heavy atom. The monoisotopic (exact) mass is 568 g/mol.